The highest BCUT2D eigenvalue weighted by Gasteiger charge is 2.38. The van der Waals surface area contributed by atoms with Crippen molar-refractivity contribution in [3.8, 4) is 0 Å². The number of carboxylic acid groups (broad SMARTS) is 1. The first kappa shape index (κ1) is 19.3. The summed E-state index contributed by atoms with van der Waals surface area (Å²) in [6.45, 7) is 15.2. The number of hydrogen-bond acceptors (Lipinski definition) is 2. The predicted octanol–water partition coefficient (Wildman–Crippen LogP) is 5.44. The van der Waals surface area contributed by atoms with E-state index in [9.17, 15) is 9.18 Å². The van der Waals surface area contributed by atoms with Crippen LogP contribution < -0.4 is 0 Å². The number of carbonyl (C=O) groups is 1. The minimum absolute atomic E-state index is 0.147. The molecule has 27 heavy (non-hydrogen) atoms. The second-order valence-corrected chi connectivity index (χ2v) is 8.37. The summed E-state index contributed by atoms with van der Waals surface area (Å²) in [7, 11) is 0. The molecule has 0 saturated carbocycles. The molecule has 1 aliphatic rings. The fourth-order valence-corrected chi connectivity index (χ4v) is 3.64. The van der Waals surface area contributed by atoms with Crippen molar-refractivity contribution in [1.82, 2.24) is 0 Å². The summed E-state index contributed by atoms with van der Waals surface area (Å²) < 4.78 is 20.2. The quantitative estimate of drug-likeness (QED) is 0.785. The standard InChI is InChI=1S/C23H25FO3/c1-13-9-19-18(22(3,4)12-27-23(19,5)6)11-17(13)14(2)15-7-8-16(21(25)26)20(24)10-15/h7-11H,2,12H2,1,3-6H3,(H,25,26). The molecule has 2 aromatic rings. The lowest BCUT2D eigenvalue weighted by molar-refractivity contribution is -0.0588. The second-order valence-electron chi connectivity index (χ2n) is 8.37. The SMILES string of the molecule is C=C(c1ccc(C(=O)O)c(F)c1)c1cc2c(cc1C)C(C)(C)OCC2(C)C. The molecule has 3 nitrogen and oxygen atoms in total. The van der Waals surface area contributed by atoms with Crippen LogP contribution in [0.25, 0.3) is 5.57 Å². The third-order valence-corrected chi connectivity index (χ3v) is 5.41. The molecule has 1 N–H and O–H groups in total. The summed E-state index contributed by atoms with van der Waals surface area (Å²) in [5, 5.41) is 9.02. The lowest BCUT2D eigenvalue weighted by Crippen LogP contribution is -2.40. The van der Waals surface area contributed by atoms with Crippen LogP contribution in [-0.2, 0) is 15.8 Å². The van der Waals surface area contributed by atoms with E-state index < -0.39 is 11.8 Å². The second kappa shape index (κ2) is 6.31. The Labute approximate surface area is 159 Å². The summed E-state index contributed by atoms with van der Waals surface area (Å²) in [6, 6.07) is 8.38. The van der Waals surface area contributed by atoms with E-state index in [1.54, 1.807) is 6.07 Å². The minimum Gasteiger partial charge on any atom is -0.478 e. The lowest BCUT2D eigenvalue weighted by Gasteiger charge is -2.42. The molecule has 0 spiro atoms. The number of carboxylic acids is 1. The zero-order chi connectivity index (χ0) is 20.1. The van der Waals surface area contributed by atoms with Gasteiger partial charge in [-0.2, -0.15) is 0 Å². The van der Waals surface area contributed by atoms with Gasteiger partial charge in [0.15, 0.2) is 0 Å². The molecular formula is C23H25FO3. The molecule has 0 aliphatic carbocycles. The van der Waals surface area contributed by atoms with Crippen LogP contribution in [0.2, 0.25) is 0 Å². The Morgan fingerprint density at radius 3 is 2.37 bits per heavy atom. The minimum atomic E-state index is -1.28. The summed E-state index contributed by atoms with van der Waals surface area (Å²) >= 11 is 0. The number of hydrogen-bond donors (Lipinski definition) is 1. The van der Waals surface area contributed by atoms with Crippen LogP contribution in [0, 0.1) is 12.7 Å². The van der Waals surface area contributed by atoms with E-state index in [4.69, 9.17) is 9.84 Å². The molecule has 142 valence electrons. The number of fused-ring (bicyclic) bond motifs is 1. The Hall–Kier alpha value is -2.46. The molecule has 1 heterocycles. The summed E-state index contributed by atoms with van der Waals surface area (Å²) in [4.78, 5) is 11.0. The van der Waals surface area contributed by atoms with Crippen molar-refractivity contribution in [2.75, 3.05) is 6.61 Å². The van der Waals surface area contributed by atoms with Gasteiger partial charge in [-0.3, -0.25) is 0 Å². The maximum atomic E-state index is 14.1. The average molecular weight is 368 g/mol. The molecule has 0 fully saturated rings. The van der Waals surface area contributed by atoms with Gasteiger partial charge in [0.2, 0.25) is 0 Å². The lowest BCUT2D eigenvalue weighted by atomic mass is 9.73. The van der Waals surface area contributed by atoms with Crippen molar-refractivity contribution >= 4 is 11.5 Å². The van der Waals surface area contributed by atoms with Gasteiger partial charge in [-0.05, 0) is 72.4 Å². The molecule has 0 atom stereocenters. The number of ether oxygens (including phenoxy) is 1. The van der Waals surface area contributed by atoms with Gasteiger partial charge in [0.05, 0.1) is 17.8 Å². The smallest absolute Gasteiger partial charge is 0.338 e. The number of rotatable bonds is 3. The molecule has 2 aromatic carbocycles. The van der Waals surface area contributed by atoms with Crippen LogP contribution in [0.15, 0.2) is 36.9 Å². The van der Waals surface area contributed by atoms with E-state index in [0.717, 1.165) is 16.7 Å². The first-order valence-electron chi connectivity index (χ1n) is 8.96. The Kier molecular flexibility index (Phi) is 4.51. The van der Waals surface area contributed by atoms with Gasteiger partial charge in [0.25, 0.3) is 0 Å². The van der Waals surface area contributed by atoms with E-state index in [1.807, 2.05) is 6.92 Å². The van der Waals surface area contributed by atoms with Gasteiger partial charge in [0, 0.05) is 5.41 Å². The topological polar surface area (TPSA) is 46.5 Å². The van der Waals surface area contributed by atoms with Crippen LogP contribution in [0.1, 0.15) is 65.9 Å². The highest BCUT2D eigenvalue weighted by Crippen LogP contribution is 2.43. The highest BCUT2D eigenvalue weighted by atomic mass is 19.1. The van der Waals surface area contributed by atoms with Gasteiger partial charge in [-0.25, -0.2) is 9.18 Å². The van der Waals surface area contributed by atoms with Gasteiger partial charge in [-0.1, -0.05) is 32.6 Å². The van der Waals surface area contributed by atoms with Gasteiger partial charge in [-0.15, -0.1) is 0 Å². The summed E-state index contributed by atoms with van der Waals surface area (Å²) in [6.07, 6.45) is 0. The van der Waals surface area contributed by atoms with Crippen LogP contribution in [-0.4, -0.2) is 17.7 Å². The maximum absolute atomic E-state index is 14.1. The first-order chi connectivity index (χ1) is 12.4. The molecule has 0 bridgehead atoms. The molecule has 0 amide bonds. The summed E-state index contributed by atoms with van der Waals surface area (Å²) in [5.41, 5.74) is 4.70. The average Bonchev–Trinajstić information content (AvgIpc) is 2.57. The highest BCUT2D eigenvalue weighted by molar-refractivity contribution is 5.89. The van der Waals surface area contributed by atoms with Crippen molar-refractivity contribution in [2.45, 2.75) is 45.6 Å². The molecule has 0 unspecified atom stereocenters. The molecule has 3 rings (SSSR count). The Bertz CT molecular complexity index is 954. The largest absolute Gasteiger partial charge is 0.478 e. The molecule has 4 heteroatoms. The fourth-order valence-electron chi connectivity index (χ4n) is 3.64. The van der Waals surface area contributed by atoms with Crippen molar-refractivity contribution in [1.29, 1.82) is 0 Å². The van der Waals surface area contributed by atoms with Gasteiger partial charge < -0.3 is 9.84 Å². The van der Waals surface area contributed by atoms with Crippen LogP contribution in [0.5, 0.6) is 0 Å². The molecular weight excluding hydrogens is 343 g/mol. The molecule has 0 radical (unpaired) electrons. The van der Waals surface area contributed by atoms with E-state index in [-0.39, 0.29) is 16.6 Å². The maximum Gasteiger partial charge on any atom is 0.338 e. The molecule has 0 saturated heterocycles. The Balaban J connectivity index is 2.12. The normalized spacial score (nSPS) is 17.3. The third kappa shape index (κ3) is 3.30. The number of benzene rings is 2. The van der Waals surface area contributed by atoms with E-state index in [1.165, 1.54) is 17.7 Å². The van der Waals surface area contributed by atoms with Crippen LogP contribution in [0.3, 0.4) is 0 Å². The van der Waals surface area contributed by atoms with Crippen molar-refractivity contribution in [3.63, 3.8) is 0 Å². The zero-order valence-corrected chi connectivity index (χ0v) is 16.4. The van der Waals surface area contributed by atoms with Crippen LogP contribution in [0.4, 0.5) is 4.39 Å². The van der Waals surface area contributed by atoms with Crippen molar-refractivity contribution in [3.05, 3.63) is 76.1 Å². The third-order valence-electron chi connectivity index (χ3n) is 5.41. The fraction of sp³-hybridized carbons (Fsp3) is 0.348. The number of halogens is 1. The van der Waals surface area contributed by atoms with Crippen molar-refractivity contribution in [2.24, 2.45) is 0 Å². The number of aryl methyl sites for hydroxylation is 1. The molecule has 1 aliphatic heterocycles. The zero-order valence-electron chi connectivity index (χ0n) is 16.4. The first-order valence-corrected chi connectivity index (χ1v) is 8.96. The summed E-state index contributed by atoms with van der Waals surface area (Å²) in [5.74, 6) is -2.04. The Morgan fingerprint density at radius 2 is 1.78 bits per heavy atom. The van der Waals surface area contributed by atoms with Gasteiger partial charge in [0.1, 0.15) is 5.82 Å². The van der Waals surface area contributed by atoms with E-state index in [2.05, 4.69) is 46.4 Å². The van der Waals surface area contributed by atoms with E-state index in [0.29, 0.717) is 17.7 Å². The number of aromatic carboxylic acids is 1. The van der Waals surface area contributed by atoms with E-state index >= 15 is 0 Å². The predicted molar refractivity (Wildman–Crippen MR) is 105 cm³/mol. The van der Waals surface area contributed by atoms with Gasteiger partial charge >= 0.3 is 5.97 Å². The van der Waals surface area contributed by atoms with Crippen molar-refractivity contribution < 1.29 is 19.0 Å². The Morgan fingerprint density at radius 1 is 1.11 bits per heavy atom. The molecule has 0 aromatic heterocycles. The van der Waals surface area contributed by atoms with Crippen LogP contribution >= 0.6 is 0 Å². The monoisotopic (exact) mass is 368 g/mol.